The van der Waals surface area contributed by atoms with Gasteiger partial charge in [0.1, 0.15) is 0 Å². The lowest BCUT2D eigenvalue weighted by Gasteiger charge is -2.20. The second-order valence-corrected chi connectivity index (χ2v) is 4.46. The molecule has 0 heterocycles. The smallest absolute Gasteiger partial charge is 0.407 e. The molecule has 0 saturated carbocycles. The van der Waals surface area contributed by atoms with E-state index in [1.807, 2.05) is 30.3 Å². The van der Waals surface area contributed by atoms with Gasteiger partial charge in [0.2, 0.25) is 0 Å². The van der Waals surface area contributed by atoms with Crippen molar-refractivity contribution in [3.8, 4) is 0 Å². The number of hydrogen-bond donors (Lipinski definition) is 1. The molecule has 1 atom stereocenters. The van der Waals surface area contributed by atoms with Gasteiger partial charge in [0.05, 0.1) is 12.6 Å². The maximum absolute atomic E-state index is 11.5. The minimum absolute atomic E-state index is 0.0234. The Hall–Kier alpha value is -1.51. The van der Waals surface area contributed by atoms with Crippen LogP contribution in [0.15, 0.2) is 30.3 Å². The van der Waals surface area contributed by atoms with Crippen LogP contribution in [0.2, 0.25) is 0 Å². The van der Waals surface area contributed by atoms with Crippen molar-refractivity contribution in [2.45, 2.75) is 33.2 Å². The van der Waals surface area contributed by atoms with Gasteiger partial charge in [-0.2, -0.15) is 0 Å². The minimum atomic E-state index is -0.345. The van der Waals surface area contributed by atoms with Gasteiger partial charge in [0.15, 0.2) is 0 Å². The number of alkyl carbamates (subject to hydrolysis) is 1. The van der Waals surface area contributed by atoms with Crippen LogP contribution in [0.5, 0.6) is 0 Å². The summed E-state index contributed by atoms with van der Waals surface area (Å²) in [4.78, 5) is 11.5. The highest BCUT2D eigenvalue weighted by atomic mass is 16.5. The number of benzene rings is 1. The Morgan fingerprint density at radius 2 is 1.94 bits per heavy atom. The zero-order chi connectivity index (χ0) is 12.7. The van der Waals surface area contributed by atoms with Crippen LogP contribution in [0.25, 0.3) is 0 Å². The van der Waals surface area contributed by atoms with Crippen molar-refractivity contribution >= 4 is 6.09 Å². The van der Waals surface area contributed by atoms with Gasteiger partial charge in [-0.25, -0.2) is 4.79 Å². The van der Waals surface area contributed by atoms with E-state index in [9.17, 15) is 4.79 Å². The molecule has 1 rings (SSSR count). The Morgan fingerprint density at radius 1 is 1.29 bits per heavy atom. The van der Waals surface area contributed by atoms with Gasteiger partial charge < -0.3 is 10.1 Å². The Kier molecular flexibility index (Phi) is 5.53. The van der Waals surface area contributed by atoms with E-state index in [0.29, 0.717) is 12.5 Å². The van der Waals surface area contributed by atoms with E-state index in [-0.39, 0.29) is 12.1 Å². The molecule has 0 saturated heterocycles. The summed E-state index contributed by atoms with van der Waals surface area (Å²) in [6, 6.07) is 10.0. The molecule has 1 N–H and O–H groups in total. The van der Waals surface area contributed by atoms with Gasteiger partial charge in [-0.05, 0) is 24.8 Å². The average molecular weight is 235 g/mol. The van der Waals surface area contributed by atoms with Gasteiger partial charge in [-0.3, -0.25) is 0 Å². The first-order chi connectivity index (χ1) is 8.13. The quantitative estimate of drug-likeness (QED) is 0.848. The normalized spacial score (nSPS) is 12.2. The predicted molar refractivity (Wildman–Crippen MR) is 68.8 cm³/mol. The third kappa shape index (κ3) is 4.89. The molecular formula is C14H21NO2. The summed E-state index contributed by atoms with van der Waals surface area (Å²) in [5.41, 5.74) is 1.12. The topological polar surface area (TPSA) is 38.3 Å². The molecule has 1 unspecified atom stereocenters. The molecule has 3 heteroatoms. The lowest BCUT2D eigenvalue weighted by Crippen LogP contribution is -2.30. The zero-order valence-electron chi connectivity index (χ0n) is 10.8. The molecular weight excluding hydrogens is 214 g/mol. The summed E-state index contributed by atoms with van der Waals surface area (Å²) in [5, 5.41) is 2.90. The van der Waals surface area contributed by atoms with Crippen LogP contribution in [0.1, 0.15) is 38.8 Å². The molecule has 0 fully saturated rings. The van der Waals surface area contributed by atoms with E-state index in [1.165, 1.54) is 0 Å². The van der Waals surface area contributed by atoms with E-state index in [0.717, 1.165) is 12.0 Å². The molecule has 0 bridgehead atoms. The van der Waals surface area contributed by atoms with E-state index in [1.54, 1.807) is 6.92 Å². The van der Waals surface area contributed by atoms with Gasteiger partial charge in [0, 0.05) is 0 Å². The van der Waals surface area contributed by atoms with Crippen LogP contribution in [-0.4, -0.2) is 12.7 Å². The summed E-state index contributed by atoms with van der Waals surface area (Å²) in [6.45, 7) is 6.49. The van der Waals surface area contributed by atoms with Crippen molar-refractivity contribution < 1.29 is 9.53 Å². The lowest BCUT2D eigenvalue weighted by molar-refractivity contribution is 0.146. The van der Waals surface area contributed by atoms with E-state index < -0.39 is 0 Å². The number of carbonyl (C=O) groups is 1. The SMILES string of the molecule is CCOC(=O)NC(CC(C)C)c1ccccc1. The number of ether oxygens (including phenoxy) is 1. The molecule has 1 aromatic rings. The molecule has 0 radical (unpaired) electrons. The summed E-state index contributed by atoms with van der Waals surface area (Å²) < 4.78 is 4.93. The molecule has 0 aliphatic heterocycles. The second-order valence-electron chi connectivity index (χ2n) is 4.46. The second kappa shape index (κ2) is 6.94. The highest BCUT2D eigenvalue weighted by molar-refractivity contribution is 5.67. The molecule has 3 nitrogen and oxygen atoms in total. The summed E-state index contributed by atoms with van der Waals surface area (Å²) >= 11 is 0. The van der Waals surface area contributed by atoms with Crippen LogP contribution >= 0.6 is 0 Å². The molecule has 0 aliphatic carbocycles. The van der Waals surface area contributed by atoms with Crippen LogP contribution in [0.4, 0.5) is 4.79 Å². The number of hydrogen-bond acceptors (Lipinski definition) is 2. The van der Waals surface area contributed by atoms with E-state index >= 15 is 0 Å². The fraction of sp³-hybridized carbons (Fsp3) is 0.500. The van der Waals surface area contributed by atoms with Crippen LogP contribution < -0.4 is 5.32 Å². The highest BCUT2D eigenvalue weighted by Crippen LogP contribution is 2.21. The fourth-order valence-corrected chi connectivity index (χ4v) is 1.75. The monoisotopic (exact) mass is 235 g/mol. The Labute approximate surface area is 103 Å². The third-order valence-corrected chi connectivity index (χ3v) is 2.48. The minimum Gasteiger partial charge on any atom is -0.450 e. The maximum Gasteiger partial charge on any atom is 0.407 e. The largest absolute Gasteiger partial charge is 0.450 e. The van der Waals surface area contributed by atoms with Gasteiger partial charge >= 0.3 is 6.09 Å². The summed E-state index contributed by atoms with van der Waals surface area (Å²) in [5.74, 6) is 0.516. The maximum atomic E-state index is 11.5. The van der Waals surface area contributed by atoms with Crippen molar-refractivity contribution in [3.63, 3.8) is 0 Å². The first kappa shape index (κ1) is 13.6. The molecule has 94 valence electrons. The van der Waals surface area contributed by atoms with Crippen LogP contribution in [0, 0.1) is 5.92 Å². The molecule has 17 heavy (non-hydrogen) atoms. The number of carbonyl (C=O) groups excluding carboxylic acids is 1. The predicted octanol–water partition coefficient (Wildman–Crippen LogP) is 3.52. The van der Waals surface area contributed by atoms with E-state index in [2.05, 4.69) is 19.2 Å². The fourth-order valence-electron chi connectivity index (χ4n) is 1.75. The van der Waals surface area contributed by atoms with Crippen molar-refractivity contribution in [2.24, 2.45) is 5.92 Å². The molecule has 1 aromatic carbocycles. The zero-order valence-corrected chi connectivity index (χ0v) is 10.8. The van der Waals surface area contributed by atoms with E-state index in [4.69, 9.17) is 4.74 Å². The summed E-state index contributed by atoms with van der Waals surface area (Å²) in [7, 11) is 0. The van der Waals surface area contributed by atoms with Crippen LogP contribution in [0.3, 0.4) is 0 Å². The average Bonchev–Trinajstić information content (AvgIpc) is 2.29. The lowest BCUT2D eigenvalue weighted by atomic mass is 9.97. The molecule has 0 spiro atoms. The van der Waals surface area contributed by atoms with Gasteiger partial charge in [0.25, 0.3) is 0 Å². The van der Waals surface area contributed by atoms with Gasteiger partial charge in [-0.1, -0.05) is 44.2 Å². The standard InChI is InChI=1S/C14H21NO2/c1-4-17-14(16)15-13(10-11(2)3)12-8-6-5-7-9-12/h5-9,11,13H,4,10H2,1-3H3,(H,15,16). The number of rotatable bonds is 5. The molecule has 0 aromatic heterocycles. The first-order valence-electron chi connectivity index (χ1n) is 6.11. The molecule has 0 aliphatic rings. The van der Waals surface area contributed by atoms with Crippen molar-refractivity contribution in [2.75, 3.05) is 6.61 Å². The Balaban J connectivity index is 2.70. The van der Waals surface area contributed by atoms with Crippen LogP contribution in [-0.2, 0) is 4.74 Å². The Bertz CT molecular complexity index is 335. The third-order valence-electron chi connectivity index (χ3n) is 2.48. The van der Waals surface area contributed by atoms with Crippen molar-refractivity contribution in [1.29, 1.82) is 0 Å². The highest BCUT2D eigenvalue weighted by Gasteiger charge is 2.16. The molecule has 1 amide bonds. The summed E-state index contributed by atoms with van der Waals surface area (Å²) in [6.07, 6.45) is 0.560. The number of amides is 1. The van der Waals surface area contributed by atoms with Crippen molar-refractivity contribution in [1.82, 2.24) is 5.32 Å². The Morgan fingerprint density at radius 3 is 2.47 bits per heavy atom. The van der Waals surface area contributed by atoms with Crippen molar-refractivity contribution in [3.05, 3.63) is 35.9 Å². The first-order valence-corrected chi connectivity index (χ1v) is 6.11. The number of nitrogens with one attached hydrogen (secondary N) is 1. The van der Waals surface area contributed by atoms with Gasteiger partial charge in [-0.15, -0.1) is 0 Å².